The molecule has 1 nitrogen and oxygen atoms in total. The summed E-state index contributed by atoms with van der Waals surface area (Å²) in [4.78, 5) is 10.9. The molecule has 0 aliphatic heterocycles. The van der Waals surface area contributed by atoms with Crippen LogP contribution in [0.4, 0.5) is 0 Å². The van der Waals surface area contributed by atoms with E-state index in [0.717, 1.165) is 0 Å². The van der Waals surface area contributed by atoms with Gasteiger partial charge in [-0.05, 0) is 5.56 Å². The molecule has 62 valence electrons. The maximum Gasteiger partial charge on any atom is 0.151 e. The lowest BCUT2D eigenvalue weighted by Crippen LogP contribution is -2.36. The Labute approximate surface area is 76.4 Å². The van der Waals surface area contributed by atoms with E-state index < -0.39 is 0 Å². The Hall–Kier alpha value is -0.820. The third-order valence-electron chi connectivity index (χ3n) is 2.31. The molecule has 0 aromatic heterocycles. The lowest BCUT2D eigenvalue weighted by atomic mass is 9.78. The van der Waals surface area contributed by atoms with E-state index in [2.05, 4.69) is 0 Å². The van der Waals surface area contributed by atoms with Crippen LogP contribution >= 0.6 is 11.6 Å². The maximum absolute atomic E-state index is 10.9. The second kappa shape index (κ2) is 2.91. The van der Waals surface area contributed by atoms with Gasteiger partial charge in [0.1, 0.15) is 0 Å². The minimum absolute atomic E-state index is 0.172. The van der Waals surface area contributed by atoms with Gasteiger partial charge in [-0.2, -0.15) is 0 Å². The molecular formula is C10H9ClO. The summed E-state index contributed by atoms with van der Waals surface area (Å²) in [6, 6.07) is 9.95. The van der Waals surface area contributed by atoms with E-state index in [1.165, 1.54) is 5.56 Å². The van der Waals surface area contributed by atoms with Gasteiger partial charge in [-0.3, -0.25) is 4.79 Å². The minimum Gasteiger partial charge on any atom is -0.298 e. The van der Waals surface area contributed by atoms with Gasteiger partial charge in [0.05, 0.1) is 5.38 Å². The number of ketones is 1. The second-order valence-electron chi connectivity index (χ2n) is 3.09. The van der Waals surface area contributed by atoms with Crippen LogP contribution in [0.1, 0.15) is 17.9 Å². The van der Waals surface area contributed by atoms with Gasteiger partial charge in [-0.1, -0.05) is 30.3 Å². The zero-order valence-electron chi connectivity index (χ0n) is 6.53. The molecule has 0 spiro atoms. The molecule has 0 bridgehead atoms. The highest BCUT2D eigenvalue weighted by Gasteiger charge is 2.38. The number of benzene rings is 1. The summed E-state index contributed by atoms with van der Waals surface area (Å²) in [5, 5.41) is -0.285. The molecule has 0 radical (unpaired) electrons. The largest absolute Gasteiger partial charge is 0.298 e. The number of rotatable bonds is 1. The Morgan fingerprint density at radius 1 is 1.25 bits per heavy atom. The quantitative estimate of drug-likeness (QED) is 0.607. The van der Waals surface area contributed by atoms with E-state index in [1.807, 2.05) is 30.3 Å². The highest BCUT2D eigenvalue weighted by Crippen LogP contribution is 2.37. The van der Waals surface area contributed by atoms with E-state index in [4.69, 9.17) is 11.6 Å². The van der Waals surface area contributed by atoms with Crippen LogP contribution in [0.5, 0.6) is 0 Å². The standard InChI is InChI=1S/C10H9ClO/c11-10-8(6-9(10)12)7-4-2-1-3-5-7/h1-5,8,10H,6H2. The summed E-state index contributed by atoms with van der Waals surface area (Å²) < 4.78 is 0. The van der Waals surface area contributed by atoms with Gasteiger partial charge in [0.2, 0.25) is 0 Å². The molecule has 1 aromatic carbocycles. The smallest absolute Gasteiger partial charge is 0.151 e. The maximum atomic E-state index is 10.9. The van der Waals surface area contributed by atoms with Crippen molar-refractivity contribution >= 4 is 17.4 Å². The van der Waals surface area contributed by atoms with Gasteiger partial charge >= 0.3 is 0 Å². The van der Waals surface area contributed by atoms with Gasteiger partial charge in [0.25, 0.3) is 0 Å². The van der Waals surface area contributed by atoms with Crippen LogP contribution in [0.3, 0.4) is 0 Å². The van der Waals surface area contributed by atoms with Crippen molar-refractivity contribution in [2.75, 3.05) is 0 Å². The molecule has 0 N–H and O–H groups in total. The first-order valence-corrected chi connectivity index (χ1v) is 4.44. The Bertz CT molecular complexity index is 294. The monoisotopic (exact) mass is 180 g/mol. The Balaban J connectivity index is 2.18. The molecule has 0 saturated heterocycles. The highest BCUT2D eigenvalue weighted by atomic mass is 35.5. The summed E-state index contributed by atoms with van der Waals surface area (Å²) >= 11 is 5.85. The Morgan fingerprint density at radius 2 is 1.92 bits per heavy atom. The molecule has 0 amide bonds. The summed E-state index contributed by atoms with van der Waals surface area (Å²) in [7, 11) is 0. The van der Waals surface area contributed by atoms with Crippen LogP contribution in [0.25, 0.3) is 0 Å². The Morgan fingerprint density at radius 3 is 2.42 bits per heavy atom. The average molecular weight is 181 g/mol. The van der Waals surface area contributed by atoms with Crippen molar-refractivity contribution in [3.05, 3.63) is 35.9 Å². The van der Waals surface area contributed by atoms with Gasteiger partial charge < -0.3 is 0 Å². The number of hydrogen-bond donors (Lipinski definition) is 0. The number of carbonyl (C=O) groups excluding carboxylic acids is 1. The van der Waals surface area contributed by atoms with Crippen LogP contribution in [0.15, 0.2) is 30.3 Å². The van der Waals surface area contributed by atoms with Gasteiger partial charge in [-0.15, -0.1) is 11.6 Å². The predicted molar refractivity (Wildman–Crippen MR) is 48.4 cm³/mol. The SMILES string of the molecule is O=C1CC(c2ccccc2)C1Cl. The first-order valence-electron chi connectivity index (χ1n) is 4.01. The van der Waals surface area contributed by atoms with E-state index in [9.17, 15) is 4.79 Å². The predicted octanol–water partition coefficient (Wildman–Crippen LogP) is 2.35. The third kappa shape index (κ3) is 1.14. The van der Waals surface area contributed by atoms with Crippen molar-refractivity contribution in [2.45, 2.75) is 17.7 Å². The lowest BCUT2D eigenvalue weighted by Gasteiger charge is -2.30. The Kier molecular flexibility index (Phi) is 1.89. The van der Waals surface area contributed by atoms with Gasteiger partial charge in [0.15, 0.2) is 5.78 Å². The van der Waals surface area contributed by atoms with Crippen LogP contribution in [-0.4, -0.2) is 11.2 Å². The van der Waals surface area contributed by atoms with Crippen molar-refractivity contribution in [1.82, 2.24) is 0 Å². The summed E-state index contributed by atoms with van der Waals surface area (Å²) in [6.45, 7) is 0. The molecule has 12 heavy (non-hydrogen) atoms. The van der Waals surface area contributed by atoms with Crippen LogP contribution < -0.4 is 0 Å². The topological polar surface area (TPSA) is 17.1 Å². The number of hydrogen-bond acceptors (Lipinski definition) is 1. The van der Waals surface area contributed by atoms with Crippen molar-refractivity contribution in [1.29, 1.82) is 0 Å². The number of carbonyl (C=O) groups is 1. The molecule has 1 aliphatic carbocycles. The first kappa shape index (κ1) is 7.81. The van der Waals surface area contributed by atoms with Gasteiger partial charge in [-0.25, -0.2) is 0 Å². The fraction of sp³-hybridized carbons (Fsp3) is 0.300. The van der Waals surface area contributed by atoms with E-state index in [-0.39, 0.29) is 17.1 Å². The lowest BCUT2D eigenvalue weighted by molar-refractivity contribution is -0.124. The normalized spacial score (nSPS) is 28.2. The van der Waals surface area contributed by atoms with E-state index in [1.54, 1.807) is 0 Å². The van der Waals surface area contributed by atoms with Crippen molar-refractivity contribution in [3.63, 3.8) is 0 Å². The number of alkyl halides is 1. The van der Waals surface area contributed by atoms with Crippen LogP contribution in [0, 0.1) is 0 Å². The summed E-state index contributed by atoms with van der Waals surface area (Å²) in [5.74, 6) is 0.422. The second-order valence-corrected chi connectivity index (χ2v) is 3.56. The highest BCUT2D eigenvalue weighted by molar-refractivity contribution is 6.34. The van der Waals surface area contributed by atoms with E-state index in [0.29, 0.717) is 6.42 Å². The molecule has 2 atom stereocenters. The average Bonchev–Trinajstić information content (AvgIpc) is 2.15. The molecular weight excluding hydrogens is 172 g/mol. The molecule has 2 heteroatoms. The molecule has 1 aromatic rings. The van der Waals surface area contributed by atoms with Crippen LogP contribution in [-0.2, 0) is 4.79 Å². The summed E-state index contributed by atoms with van der Waals surface area (Å²) in [5.41, 5.74) is 1.18. The zero-order valence-corrected chi connectivity index (χ0v) is 7.29. The van der Waals surface area contributed by atoms with Crippen LogP contribution in [0.2, 0.25) is 0 Å². The van der Waals surface area contributed by atoms with Crippen molar-refractivity contribution < 1.29 is 4.79 Å². The fourth-order valence-corrected chi connectivity index (χ4v) is 1.81. The van der Waals surface area contributed by atoms with E-state index >= 15 is 0 Å². The molecule has 0 heterocycles. The van der Waals surface area contributed by atoms with Crippen molar-refractivity contribution in [2.24, 2.45) is 0 Å². The molecule has 1 saturated carbocycles. The number of Topliss-reactive ketones (excluding diaryl/α,β-unsaturated/α-hetero) is 1. The molecule has 2 rings (SSSR count). The minimum atomic E-state index is -0.285. The number of halogens is 1. The summed E-state index contributed by atoms with van der Waals surface area (Å²) in [6.07, 6.45) is 0.609. The third-order valence-corrected chi connectivity index (χ3v) is 2.86. The molecule has 1 fully saturated rings. The van der Waals surface area contributed by atoms with Gasteiger partial charge in [0, 0.05) is 12.3 Å². The molecule has 2 unspecified atom stereocenters. The first-order chi connectivity index (χ1) is 5.79. The zero-order chi connectivity index (χ0) is 8.55. The molecule has 1 aliphatic rings. The van der Waals surface area contributed by atoms with Crippen molar-refractivity contribution in [3.8, 4) is 0 Å². The fourth-order valence-electron chi connectivity index (χ4n) is 1.48.